The molecule has 0 saturated carbocycles. The Kier molecular flexibility index (Phi) is 4.39. The molecule has 2 rings (SSSR count). The first kappa shape index (κ1) is 15.3. The molecule has 5 heteroatoms. The second-order valence-corrected chi connectivity index (χ2v) is 6.32. The van der Waals surface area contributed by atoms with Crippen molar-refractivity contribution < 1.29 is 15.0 Å². The summed E-state index contributed by atoms with van der Waals surface area (Å²) in [4.78, 5) is 13.4. The molecule has 1 aliphatic rings. The van der Waals surface area contributed by atoms with E-state index < -0.39 is 5.97 Å². The zero-order valence-electron chi connectivity index (χ0n) is 11.9. The topological polar surface area (TPSA) is 60.8 Å². The number of anilines is 1. The lowest BCUT2D eigenvalue weighted by molar-refractivity contribution is 0.0696. The van der Waals surface area contributed by atoms with Gasteiger partial charge in [0.25, 0.3) is 0 Å². The molecule has 0 saturated heterocycles. The summed E-state index contributed by atoms with van der Waals surface area (Å²) in [5.74, 6) is -0.764. The van der Waals surface area contributed by atoms with Crippen molar-refractivity contribution in [2.24, 2.45) is 0 Å². The van der Waals surface area contributed by atoms with Crippen LogP contribution in [0.25, 0.3) is 0 Å². The lowest BCUT2D eigenvalue weighted by Crippen LogP contribution is -2.41. The Morgan fingerprint density at radius 3 is 2.55 bits per heavy atom. The van der Waals surface area contributed by atoms with Crippen molar-refractivity contribution in [3.05, 3.63) is 27.7 Å². The highest BCUT2D eigenvalue weighted by Gasteiger charge is 2.40. The van der Waals surface area contributed by atoms with Crippen LogP contribution in [0, 0.1) is 0 Å². The van der Waals surface area contributed by atoms with Crippen molar-refractivity contribution in [3.8, 4) is 0 Å². The van der Waals surface area contributed by atoms with Crippen LogP contribution in [0.5, 0.6) is 0 Å². The first-order valence-electron chi connectivity index (χ1n) is 6.88. The quantitative estimate of drug-likeness (QED) is 0.882. The van der Waals surface area contributed by atoms with Gasteiger partial charge in [0.2, 0.25) is 0 Å². The second kappa shape index (κ2) is 5.74. The Morgan fingerprint density at radius 1 is 1.45 bits per heavy atom. The van der Waals surface area contributed by atoms with E-state index in [1.807, 2.05) is 0 Å². The van der Waals surface area contributed by atoms with E-state index in [0.29, 0.717) is 0 Å². The Bertz CT molecular complexity index is 530. The molecular formula is C15H20BrNO3. The summed E-state index contributed by atoms with van der Waals surface area (Å²) in [5, 5.41) is 19.0. The molecule has 0 aromatic heterocycles. The van der Waals surface area contributed by atoms with Gasteiger partial charge in [-0.25, -0.2) is 4.79 Å². The molecule has 0 radical (unpaired) electrons. The smallest absolute Gasteiger partial charge is 0.335 e. The average molecular weight is 342 g/mol. The molecule has 110 valence electrons. The third-order valence-corrected chi connectivity index (χ3v) is 4.61. The van der Waals surface area contributed by atoms with E-state index in [0.717, 1.165) is 22.1 Å². The maximum atomic E-state index is 11.2. The molecule has 0 bridgehead atoms. The van der Waals surface area contributed by atoms with Gasteiger partial charge in [-0.15, -0.1) is 0 Å². The summed E-state index contributed by atoms with van der Waals surface area (Å²) >= 11 is 3.50. The molecule has 0 amide bonds. The number of carbonyl (C=O) groups is 1. The van der Waals surface area contributed by atoms with Gasteiger partial charge in [-0.3, -0.25) is 0 Å². The van der Waals surface area contributed by atoms with Crippen molar-refractivity contribution in [2.75, 3.05) is 11.5 Å². The number of benzene rings is 1. The molecule has 2 unspecified atom stereocenters. The molecular weight excluding hydrogens is 322 g/mol. The summed E-state index contributed by atoms with van der Waals surface area (Å²) in [7, 11) is 0. The van der Waals surface area contributed by atoms with Crippen LogP contribution >= 0.6 is 15.9 Å². The Morgan fingerprint density at radius 2 is 2.10 bits per heavy atom. The third-order valence-electron chi connectivity index (χ3n) is 4.00. The Hall–Kier alpha value is -1.07. The Labute approximate surface area is 127 Å². The summed E-state index contributed by atoms with van der Waals surface area (Å²) in [5.41, 5.74) is 2.33. The van der Waals surface area contributed by atoms with Gasteiger partial charge in [0.1, 0.15) is 0 Å². The van der Waals surface area contributed by atoms with E-state index in [1.54, 1.807) is 12.1 Å². The van der Waals surface area contributed by atoms with Crippen molar-refractivity contribution >= 4 is 27.6 Å². The van der Waals surface area contributed by atoms with Crippen molar-refractivity contribution in [1.82, 2.24) is 0 Å². The standard InChI is InChI=1S/C15H20BrNO3/c1-4-10-11-5-9(15(19)20)6-12(16)14(11)17(8(2)3)13(10)7-18/h5-6,8,10,13,18H,4,7H2,1-3H3,(H,19,20). The van der Waals surface area contributed by atoms with Gasteiger partial charge < -0.3 is 15.1 Å². The van der Waals surface area contributed by atoms with E-state index in [2.05, 4.69) is 41.6 Å². The monoisotopic (exact) mass is 341 g/mol. The number of carboxylic acid groups (broad SMARTS) is 1. The first-order chi connectivity index (χ1) is 9.42. The fraction of sp³-hybridized carbons (Fsp3) is 0.533. The molecule has 0 aliphatic carbocycles. The SMILES string of the molecule is CCC1c2cc(C(=O)O)cc(Br)c2N(C(C)C)C1CO. The van der Waals surface area contributed by atoms with Gasteiger partial charge in [-0.2, -0.15) is 0 Å². The maximum Gasteiger partial charge on any atom is 0.335 e. The van der Waals surface area contributed by atoms with Gasteiger partial charge >= 0.3 is 5.97 Å². The second-order valence-electron chi connectivity index (χ2n) is 5.47. The number of carboxylic acids is 1. The minimum atomic E-state index is -0.924. The molecule has 2 N–H and O–H groups in total. The van der Waals surface area contributed by atoms with Gasteiger partial charge in [-0.05, 0) is 53.9 Å². The number of nitrogens with zero attached hydrogens (tertiary/aromatic N) is 1. The fourth-order valence-electron chi connectivity index (χ4n) is 3.21. The van der Waals surface area contributed by atoms with Crippen LogP contribution in [0.15, 0.2) is 16.6 Å². The van der Waals surface area contributed by atoms with Crippen LogP contribution in [0.4, 0.5) is 5.69 Å². The van der Waals surface area contributed by atoms with Crippen molar-refractivity contribution in [1.29, 1.82) is 0 Å². The highest BCUT2D eigenvalue weighted by atomic mass is 79.9. The van der Waals surface area contributed by atoms with E-state index >= 15 is 0 Å². The molecule has 1 aromatic rings. The summed E-state index contributed by atoms with van der Waals surface area (Å²) < 4.78 is 0.788. The largest absolute Gasteiger partial charge is 0.478 e. The molecule has 0 spiro atoms. The first-order valence-corrected chi connectivity index (χ1v) is 7.67. The van der Waals surface area contributed by atoms with Gasteiger partial charge in [0.15, 0.2) is 0 Å². The van der Waals surface area contributed by atoms with Crippen LogP contribution < -0.4 is 4.90 Å². The molecule has 0 fully saturated rings. The van der Waals surface area contributed by atoms with Crippen LogP contribution in [0.2, 0.25) is 0 Å². The number of aliphatic hydroxyl groups excluding tert-OH is 1. The Balaban J connectivity index is 2.64. The number of aromatic carboxylic acids is 1. The predicted octanol–water partition coefficient (Wildman–Crippen LogP) is 3.23. The molecule has 2 atom stereocenters. The fourth-order valence-corrected chi connectivity index (χ4v) is 3.89. The lowest BCUT2D eigenvalue weighted by Gasteiger charge is -2.32. The minimum Gasteiger partial charge on any atom is -0.478 e. The average Bonchev–Trinajstić information content (AvgIpc) is 2.72. The summed E-state index contributed by atoms with van der Waals surface area (Å²) in [6.07, 6.45) is 0.872. The molecule has 4 nitrogen and oxygen atoms in total. The molecule has 1 heterocycles. The normalized spacial score (nSPS) is 21.4. The lowest BCUT2D eigenvalue weighted by atomic mass is 9.91. The predicted molar refractivity (Wildman–Crippen MR) is 82.6 cm³/mol. The zero-order chi connectivity index (χ0) is 15.0. The van der Waals surface area contributed by atoms with E-state index in [9.17, 15) is 15.0 Å². The summed E-state index contributed by atoms with van der Waals surface area (Å²) in [6, 6.07) is 3.65. The van der Waals surface area contributed by atoms with Crippen molar-refractivity contribution in [3.63, 3.8) is 0 Å². The molecule has 1 aliphatic heterocycles. The minimum absolute atomic E-state index is 0.00958. The number of hydrogen-bond donors (Lipinski definition) is 2. The van der Waals surface area contributed by atoms with Gasteiger partial charge in [0, 0.05) is 16.4 Å². The van der Waals surface area contributed by atoms with Gasteiger partial charge in [-0.1, -0.05) is 6.92 Å². The van der Waals surface area contributed by atoms with Crippen LogP contribution in [0.3, 0.4) is 0 Å². The number of fused-ring (bicyclic) bond motifs is 1. The highest BCUT2D eigenvalue weighted by molar-refractivity contribution is 9.10. The molecule has 1 aromatic carbocycles. The van der Waals surface area contributed by atoms with Crippen LogP contribution in [0.1, 0.15) is 49.0 Å². The number of hydrogen-bond acceptors (Lipinski definition) is 3. The van der Waals surface area contributed by atoms with Gasteiger partial charge in [0.05, 0.1) is 23.9 Å². The summed E-state index contributed by atoms with van der Waals surface area (Å²) in [6.45, 7) is 6.31. The van der Waals surface area contributed by atoms with E-state index in [1.165, 1.54) is 0 Å². The van der Waals surface area contributed by atoms with Crippen molar-refractivity contribution in [2.45, 2.75) is 45.2 Å². The van der Waals surface area contributed by atoms with E-state index in [4.69, 9.17) is 0 Å². The number of rotatable bonds is 4. The number of aliphatic hydroxyl groups is 1. The third kappa shape index (κ3) is 2.33. The highest BCUT2D eigenvalue weighted by Crippen LogP contribution is 2.47. The zero-order valence-corrected chi connectivity index (χ0v) is 13.5. The van der Waals surface area contributed by atoms with Crippen LogP contribution in [-0.4, -0.2) is 34.9 Å². The number of halogens is 1. The molecule has 20 heavy (non-hydrogen) atoms. The maximum absolute atomic E-state index is 11.2. The van der Waals surface area contributed by atoms with Crippen LogP contribution in [-0.2, 0) is 0 Å². The van der Waals surface area contributed by atoms with E-state index in [-0.39, 0.29) is 30.2 Å².